The van der Waals surface area contributed by atoms with Crippen molar-refractivity contribution in [1.82, 2.24) is 0 Å². The Hall–Kier alpha value is -1.40. The zero-order chi connectivity index (χ0) is 11.9. The molecule has 0 radical (unpaired) electrons. The van der Waals surface area contributed by atoms with E-state index < -0.39 is 0 Å². The van der Waals surface area contributed by atoms with Gasteiger partial charge in [0, 0.05) is 11.9 Å². The van der Waals surface area contributed by atoms with E-state index in [4.69, 9.17) is 5.26 Å². The molecule has 0 fully saturated rings. The molecule has 0 amide bonds. The first-order chi connectivity index (χ1) is 7.56. The highest BCUT2D eigenvalue weighted by Gasteiger charge is 2.26. The first-order valence-electron chi connectivity index (χ1n) is 5.19. The second-order valence-corrected chi connectivity index (χ2v) is 5.08. The van der Waals surface area contributed by atoms with Crippen molar-refractivity contribution in [1.29, 1.82) is 5.26 Å². The summed E-state index contributed by atoms with van der Waals surface area (Å²) in [4.78, 5) is 3.41. The Kier molecular flexibility index (Phi) is 2.69. The van der Waals surface area contributed by atoms with E-state index in [9.17, 15) is 0 Å². The third kappa shape index (κ3) is 1.50. The van der Waals surface area contributed by atoms with Crippen molar-refractivity contribution in [2.24, 2.45) is 0 Å². The number of nitriles is 1. The summed E-state index contributed by atoms with van der Waals surface area (Å²) >= 11 is 1.70. The van der Waals surface area contributed by atoms with Crippen molar-refractivity contribution in [2.45, 2.75) is 25.7 Å². The third-order valence-electron chi connectivity index (χ3n) is 2.86. The lowest BCUT2D eigenvalue weighted by molar-refractivity contribution is 1.12. The molecule has 0 aromatic heterocycles. The topological polar surface area (TPSA) is 27.0 Å². The van der Waals surface area contributed by atoms with Crippen molar-refractivity contribution in [3.63, 3.8) is 0 Å². The lowest BCUT2D eigenvalue weighted by Gasteiger charge is -2.16. The molecular weight excluding hydrogens is 216 g/mol. The number of anilines is 1. The minimum atomic E-state index is 0.780. The summed E-state index contributed by atoms with van der Waals surface area (Å²) in [5.74, 6) is 0. The Bertz CT molecular complexity index is 523. The molecule has 0 saturated heterocycles. The van der Waals surface area contributed by atoms with Gasteiger partial charge in [0.25, 0.3) is 0 Å². The summed E-state index contributed by atoms with van der Waals surface area (Å²) < 4.78 is 0. The maximum atomic E-state index is 8.98. The van der Waals surface area contributed by atoms with Crippen molar-refractivity contribution < 1.29 is 0 Å². The zero-order valence-corrected chi connectivity index (χ0v) is 10.8. The number of nitrogens with zero attached hydrogens (tertiary/aromatic N) is 2. The van der Waals surface area contributed by atoms with E-state index in [0.717, 1.165) is 10.6 Å². The molecule has 1 aliphatic heterocycles. The summed E-state index contributed by atoms with van der Waals surface area (Å²) in [5, 5.41) is 10.0. The summed E-state index contributed by atoms with van der Waals surface area (Å²) in [6, 6.07) is 6.50. The molecular formula is C13H14N2S. The molecule has 1 heterocycles. The number of fused-ring (bicyclic) bond motifs is 1. The number of allylic oxidation sites excluding steroid dienone is 1. The van der Waals surface area contributed by atoms with Crippen molar-refractivity contribution >= 4 is 17.4 Å². The van der Waals surface area contributed by atoms with Gasteiger partial charge >= 0.3 is 0 Å². The molecule has 1 aromatic rings. The van der Waals surface area contributed by atoms with Crippen LogP contribution < -0.4 is 4.90 Å². The summed E-state index contributed by atoms with van der Waals surface area (Å²) in [6.45, 7) is 6.10. The molecule has 2 nitrogen and oxygen atoms in total. The van der Waals surface area contributed by atoms with Gasteiger partial charge in [-0.3, -0.25) is 0 Å². The SMILES string of the molecule is C/C(C#N)=C1/Sc2c(C)ccc(C)c2N1C. The van der Waals surface area contributed by atoms with Gasteiger partial charge in [-0.2, -0.15) is 5.26 Å². The summed E-state index contributed by atoms with van der Waals surface area (Å²) in [6.07, 6.45) is 0. The molecule has 2 rings (SSSR count). The van der Waals surface area contributed by atoms with Crippen LogP contribution in [-0.2, 0) is 0 Å². The zero-order valence-electron chi connectivity index (χ0n) is 9.96. The minimum absolute atomic E-state index is 0.780. The van der Waals surface area contributed by atoms with Crippen LogP contribution in [0.4, 0.5) is 5.69 Å². The van der Waals surface area contributed by atoms with Gasteiger partial charge in [0.1, 0.15) is 0 Å². The number of hydrogen-bond donors (Lipinski definition) is 0. The van der Waals surface area contributed by atoms with Crippen LogP contribution in [0.1, 0.15) is 18.1 Å². The number of thioether (sulfide) groups is 1. The van der Waals surface area contributed by atoms with Crippen molar-refractivity contribution in [3.05, 3.63) is 33.9 Å². The van der Waals surface area contributed by atoms with Crippen LogP contribution in [0.3, 0.4) is 0 Å². The fourth-order valence-electron chi connectivity index (χ4n) is 1.96. The van der Waals surface area contributed by atoms with Gasteiger partial charge in [0.15, 0.2) is 0 Å². The molecule has 0 aliphatic carbocycles. The van der Waals surface area contributed by atoms with E-state index in [0.29, 0.717) is 0 Å². The van der Waals surface area contributed by atoms with Gasteiger partial charge in [-0.05, 0) is 31.9 Å². The van der Waals surface area contributed by atoms with Gasteiger partial charge in [-0.1, -0.05) is 23.9 Å². The normalized spacial score (nSPS) is 17.1. The third-order valence-corrected chi connectivity index (χ3v) is 4.35. The van der Waals surface area contributed by atoms with Gasteiger partial charge in [-0.25, -0.2) is 0 Å². The Labute approximate surface area is 101 Å². The Morgan fingerprint density at radius 3 is 2.50 bits per heavy atom. The van der Waals surface area contributed by atoms with Gasteiger partial charge in [0.05, 0.1) is 22.4 Å². The monoisotopic (exact) mass is 230 g/mol. The number of hydrogen-bond acceptors (Lipinski definition) is 3. The average molecular weight is 230 g/mol. The lowest BCUT2D eigenvalue weighted by atomic mass is 10.1. The van der Waals surface area contributed by atoms with E-state index in [2.05, 4.69) is 36.9 Å². The average Bonchev–Trinajstić information content (AvgIpc) is 2.62. The quantitative estimate of drug-likeness (QED) is 0.637. The van der Waals surface area contributed by atoms with Crippen molar-refractivity contribution in [2.75, 3.05) is 11.9 Å². The minimum Gasteiger partial charge on any atom is -0.337 e. The maximum absolute atomic E-state index is 8.98. The molecule has 3 heteroatoms. The van der Waals surface area contributed by atoms with Crippen LogP contribution >= 0.6 is 11.8 Å². The highest BCUT2D eigenvalue weighted by Crippen LogP contribution is 2.49. The lowest BCUT2D eigenvalue weighted by Crippen LogP contribution is -2.12. The molecule has 0 bridgehead atoms. The molecule has 0 atom stereocenters. The van der Waals surface area contributed by atoms with Gasteiger partial charge in [0.2, 0.25) is 0 Å². The Balaban J connectivity index is 2.64. The number of rotatable bonds is 0. The first kappa shape index (κ1) is 11.1. The van der Waals surface area contributed by atoms with E-state index in [-0.39, 0.29) is 0 Å². The standard InChI is InChI=1S/C13H14N2S/c1-8-5-6-9(2)12-11(8)15(4)13(16-12)10(3)7-14/h5-6H,1-4H3/b13-10-. The molecule has 1 aromatic carbocycles. The highest BCUT2D eigenvalue weighted by atomic mass is 32.2. The highest BCUT2D eigenvalue weighted by molar-refractivity contribution is 8.03. The smallest absolute Gasteiger partial charge is 0.0971 e. The van der Waals surface area contributed by atoms with Gasteiger partial charge in [-0.15, -0.1) is 0 Å². The molecule has 16 heavy (non-hydrogen) atoms. The van der Waals surface area contributed by atoms with E-state index in [1.165, 1.54) is 21.7 Å². The largest absolute Gasteiger partial charge is 0.337 e. The van der Waals surface area contributed by atoms with Crippen LogP contribution in [0.25, 0.3) is 0 Å². The molecule has 82 valence electrons. The van der Waals surface area contributed by atoms with E-state index >= 15 is 0 Å². The molecule has 0 N–H and O–H groups in total. The fourth-order valence-corrected chi connectivity index (χ4v) is 3.20. The van der Waals surface area contributed by atoms with Crippen LogP contribution in [0.15, 0.2) is 27.6 Å². The number of benzene rings is 1. The van der Waals surface area contributed by atoms with Crippen LogP contribution in [0.5, 0.6) is 0 Å². The second-order valence-electron chi connectivity index (χ2n) is 4.08. The second kappa shape index (κ2) is 3.88. The number of aryl methyl sites for hydroxylation is 2. The molecule has 0 spiro atoms. The fraction of sp³-hybridized carbons (Fsp3) is 0.308. The molecule has 0 unspecified atom stereocenters. The maximum Gasteiger partial charge on any atom is 0.0971 e. The first-order valence-corrected chi connectivity index (χ1v) is 6.00. The van der Waals surface area contributed by atoms with E-state index in [1.54, 1.807) is 11.8 Å². The molecule has 1 aliphatic rings. The van der Waals surface area contributed by atoms with Crippen LogP contribution in [0.2, 0.25) is 0 Å². The van der Waals surface area contributed by atoms with E-state index in [1.807, 2.05) is 14.0 Å². The van der Waals surface area contributed by atoms with Gasteiger partial charge < -0.3 is 4.90 Å². The van der Waals surface area contributed by atoms with Crippen LogP contribution in [0, 0.1) is 25.2 Å². The predicted octanol–water partition coefficient (Wildman–Crippen LogP) is 3.60. The van der Waals surface area contributed by atoms with Crippen LogP contribution in [-0.4, -0.2) is 7.05 Å². The summed E-state index contributed by atoms with van der Waals surface area (Å²) in [7, 11) is 2.03. The Morgan fingerprint density at radius 2 is 1.94 bits per heavy atom. The Morgan fingerprint density at radius 1 is 1.31 bits per heavy atom. The predicted molar refractivity (Wildman–Crippen MR) is 68.5 cm³/mol. The molecule has 0 saturated carbocycles. The summed E-state index contributed by atoms with van der Waals surface area (Å²) in [5.41, 5.74) is 4.56. The van der Waals surface area contributed by atoms with Crippen molar-refractivity contribution in [3.8, 4) is 6.07 Å².